The molecule has 0 radical (unpaired) electrons. The van der Waals surface area contributed by atoms with Crippen molar-refractivity contribution >= 4 is 11.9 Å². The molecule has 138 valence electrons. The van der Waals surface area contributed by atoms with Gasteiger partial charge in [0, 0.05) is 32.6 Å². The number of rotatable bonds is 7. The van der Waals surface area contributed by atoms with E-state index in [4.69, 9.17) is 0 Å². The van der Waals surface area contributed by atoms with Crippen molar-refractivity contribution in [3.8, 4) is 0 Å². The molecular formula is C18H34N4O2. The number of likely N-dealkylation sites (tertiary alicyclic amines) is 1. The van der Waals surface area contributed by atoms with Crippen LogP contribution in [0.25, 0.3) is 0 Å². The molecule has 6 heteroatoms. The Morgan fingerprint density at radius 2 is 2.04 bits per heavy atom. The maximum absolute atomic E-state index is 12.2. The van der Waals surface area contributed by atoms with Gasteiger partial charge in [-0.3, -0.25) is 4.79 Å². The maximum Gasteiger partial charge on any atom is 0.317 e. The Labute approximate surface area is 146 Å². The van der Waals surface area contributed by atoms with Crippen molar-refractivity contribution in [2.24, 2.45) is 17.8 Å². The van der Waals surface area contributed by atoms with Gasteiger partial charge in [0.05, 0.1) is 0 Å². The normalized spacial score (nSPS) is 24.2. The zero-order valence-corrected chi connectivity index (χ0v) is 15.3. The molecule has 2 aliphatic rings. The second-order valence-electron chi connectivity index (χ2n) is 7.74. The maximum atomic E-state index is 12.2. The molecule has 2 fully saturated rings. The largest absolute Gasteiger partial charge is 0.356 e. The van der Waals surface area contributed by atoms with Crippen molar-refractivity contribution in [2.75, 3.05) is 39.3 Å². The van der Waals surface area contributed by atoms with Gasteiger partial charge in [0.25, 0.3) is 0 Å². The molecule has 2 saturated heterocycles. The van der Waals surface area contributed by atoms with E-state index in [1.165, 1.54) is 6.42 Å². The van der Waals surface area contributed by atoms with E-state index in [1.54, 1.807) is 0 Å². The molecule has 3 amide bonds. The third-order valence-corrected chi connectivity index (χ3v) is 4.98. The number of piperidine rings is 1. The van der Waals surface area contributed by atoms with Crippen molar-refractivity contribution in [2.45, 2.75) is 46.0 Å². The lowest BCUT2D eigenvalue weighted by molar-refractivity contribution is -0.122. The first-order valence-electron chi connectivity index (χ1n) is 9.54. The number of hydrogen-bond donors (Lipinski definition) is 3. The van der Waals surface area contributed by atoms with Crippen molar-refractivity contribution < 1.29 is 9.59 Å². The number of nitrogens with one attached hydrogen (secondary N) is 3. The van der Waals surface area contributed by atoms with Crippen molar-refractivity contribution in [3.63, 3.8) is 0 Å². The zero-order chi connectivity index (χ0) is 17.4. The molecule has 0 saturated carbocycles. The number of nitrogens with zero attached hydrogens (tertiary/aromatic N) is 1. The lowest BCUT2D eigenvalue weighted by atomic mass is 9.94. The van der Waals surface area contributed by atoms with E-state index in [9.17, 15) is 9.59 Å². The van der Waals surface area contributed by atoms with Crippen LogP contribution in [0.3, 0.4) is 0 Å². The molecule has 2 rings (SSSR count). The Bertz CT molecular complexity index is 408. The summed E-state index contributed by atoms with van der Waals surface area (Å²) in [6.45, 7) is 9.35. The van der Waals surface area contributed by atoms with Gasteiger partial charge in [0.15, 0.2) is 0 Å². The number of carbonyl (C=O) groups excluding carboxylic acids is 2. The van der Waals surface area contributed by atoms with E-state index < -0.39 is 0 Å². The van der Waals surface area contributed by atoms with E-state index >= 15 is 0 Å². The average molecular weight is 338 g/mol. The summed E-state index contributed by atoms with van der Waals surface area (Å²) in [5, 5.41) is 9.38. The van der Waals surface area contributed by atoms with E-state index in [2.05, 4.69) is 29.8 Å². The van der Waals surface area contributed by atoms with Crippen molar-refractivity contribution in [1.82, 2.24) is 20.9 Å². The van der Waals surface area contributed by atoms with Crippen LogP contribution < -0.4 is 16.0 Å². The minimum atomic E-state index is 0.0162. The molecule has 2 heterocycles. The Morgan fingerprint density at radius 1 is 1.21 bits per heavy atom. The van der Waals surface area contributed by atoms with Gasteiger partial charge in [0.2, 0.25) is 5.91 Å². The van der Waals surface area contributed by atoms with Gasteiger partial charge < -0.3 is 20.9 Å². The highest BCUT2D eigenvalue weighted by molar-refractivity contribution is 5.77. The summed E-state index contributed by atoms with van der Waals surface area (Å²) < 4.78 is 0. The average Bonchev–Trinajstić information content (AvgIpc) is 3.06. The quantitative estimate of drug-likeness (QED) is 0.660. The van der Waals surface area contributed by atoms with Crippen LogP contribution >= 0.6 is 0 Å². The predicted molar refractivity (Wildman–Crippen MR) is 95.8 cm³/mol. The highest BCUT2D eigenvalue weighted by Crippen LogP contribution is 2.19. The lowest BCUT2D eigenvalue weighted by Crippen LogP contribution is -2.47. The number of carbonyl (C=O) groups is 2. The summed E-state index contributed by atoms with van der Waals surface area (Å²) in [5.41, 5.74) is 0. The second-order valence-corrected chi connectivity index (χ2v) is 7.74. The molecular weight excluding hydrogens is 304 g/mol. The van der Waals surface area contributed by atoms with Gasteiger partial charge in [-0.25, -0.2) is 4.79 Å². The van der Waals surface area contributed by atoms with Crippen LogP contribution in [0.2, 0.25) is 0 Å². The van der Waals surface area contributed by atoms with E-state index in [0.29, 0.717) is 31.3 Å². The van der Waals surface area contributed by atoms with Crippen LogP contribution in [0, 0.1) is 17.8 Å². The van der Waals surface area contributed by atoms with Crippen LogP contribution in [0.1, 0.15) is 46.0 Å². The fraction of sp³-hybridized carbons (Fsp3) is 0.889. The molecule has 3 N–H and O–H groups in total. The van der Waals surface area contributed by atoms with Crippen LogP contribution in [0.4, 0.5) is 4.79 Å². The van der Waals surface area contributed by atoms with Crippen LogP contribution in [-0.4, -0.2) is 56.1 Å². The van der Waals surface area contributed by atoms with E-state index in [0.717, 1.165) is 45.4 Å². The van der Waals surface area contributed by atoms with Gasteiger partial charge in [-0.15, -0.1) is 0 Å². The predicted octanol–water partition coefficient (Wildman–Crippen LogP) is 1.57. The fourth-order valence-electron chi connectivity index (χ4n) is 3.53. The van der Waals surface area contributed by atoms with Gasteiger partial charge in [-0.2, -0.15) is 0 Å². The smallest absolute Gasteiger partial charge is 0.317 e. The number of amides is 3. The van der Waals surface area contributed by atoms with Crippen LogP contribution in [-0.2, 0) is 4.79 Å². The molecule has 0 bridgehead atoms. The van der Waals surface area contributed by atoms with Gasteiger partial charge >= 0.3 is 6.03 Å². The minimum Gasteiger partial charge on any atom is -0.356 e. The van der Waals surface area contributed by atoms with Crippen molar-refractivity contribution in [3.05, 3.63) is 0 Å². The molecule has 0 aromatic heterocycles. The van der Waals surface area contributed by atoms with E-state index in [-0.39, 0.29) is 17.9 Å². The molecule has 0 aromatic rings. The minimum absolute atomic E-state index is 0.0162. The topological polar surface area (TPSA) is 73.5 Å². The first-order valence-corrected chi connectivity index (χ1v) is 9.54. The molecule has 6 nitrogen and oxygen atoms in total. The van der Waals surface area contributed by atoms with Gasteiger partial charge in [-0.05, 0) is 56.5 Å². The first kappa shape index (κ1) is 19.0. The SMILES string of the molecule is CC(C)CNC(=O)N1CCCC(CC(=O)NCCC2CCNC2)C1. The van der Waals surface area contributed by atoms with Crippen LogP contribution in [0.15, 0.2) is 0 Å². The first-order chi connectivity index (χ1) is 11.5. The summed E-state index contributed by atoms with van der Waals surface area (Å²) in [4.78, 5) is 26.2. The third kappa shape index (κ3) is 6.67. The summed E-state index contributed by atoms with van der Waals surface area (Å²) in [6.07, 6.45) is 4.84. The molecule has 24 heavy (non-hydrogen) atoms. The molecule has 2 aliphatic heterocycles. The Balaban J connectivity index is 1.64. The van der Waals surface area contributed by atoms with Gasteiger partial charge in [0.1, 0.15) is 0 Å². The lowest BCUT2D eigenvalue weighted by Gasteiger charge is -2.32. The van der Waals surface area contributed by atoms with Gasteiger partial charge in [-0.1, -0.05) is 13.8 Å². The standard InChI is InChI=1S/C18H34N4O2/c1-14(2)11-21-18(24)22-9-3-4-16(13-22)10-17(23)20-8-6-15-5-7-19-12-15/h14-16,19H,3-13H2,1-2H3,(H,20,23)(H,21,24). The second kappa shape index (κ2) is 9.87. The zero-order valence-electron chi connectivity index (χ0n) is 15.3. The summed E-state index contributed by atoms with van der Waals surface area (Å²) in [7, 11) is 0. The molecule has 0 spiro atoms. The number of hydrogen-bond acceptors (Lipinski definition) is 3. The Morgan fingerprint density at radius 3 is 2.75 bits per heavy atom. The fourth-order valence-corrected chi connectivity index (χ4v) is 3.53. The summed E-state index contributed by atoms with van der Waals surface area (Å²) in [6, 6.07) is 0.0162. The molecule has 2 unspecified atom stereocenters. The van der Waals surface area contributed by atoms with Crippen LogP contribution in [0.5, 0.6) is 0 Å². The number of urea groups is 1. The monoisotopic (exact) mass is 338 g/mol. The third-order valence-electron chi connectivity index (χ3n) is 4.98. The molecule has 2 atom stereocenters. The molecule has 0 aromatic carbocycles. The Hall–Kier alpha value is -1.30. The molecule has 0 aliphatic carbocycles. The van der Waals surface area contributed by atoms with Crippen molar-refractivity contribution in [1.29, 1.82) is 0 Å². The highest BCUT2D eigenvalue weighted by atomic mass is 16.2. The Kier molecular flexibility index (Phi) is 7.82. The summed E-state index contributed by atoms with van der Waals surface area (Å²) >= 11 is 0. The van der Waals surface area contributed by atoms with E-state index in [1.807, 2.05) is 4.90 Å². The summed E-state index contributed by atoms with van der Waals surface area (Å²) in [5.74, 6) is 1.59. The highest BCUT2D eigenvalue weighted by Gasteiger charge is 2.25.